The molecule has 0 aliphatic heterocycles. The predicted molar refractivity (Wildman–Crippen MR) is 67.7 cm³/mol. The second-order valence-corrected chi connectivity index (χ2v) is 3.99. The highest BCUT2D eigenvalue weighted by atomic mass is 19.2. The number of rotatable bonds is 3. The minimum Gasteiger partial charge on any atom is -0.496 e. The van der Waals surface area contributed by atoms with Crippen molar-refractivity contribution >= 4 is 0 Å². The molecule has 0 fully saturated rings. The number of nitrogens with zero attached hydrogens (tertiary/aromatic N) is 1. The molecule has 0 heterocycles. The van der Waals surface area contributed by atoms with Crippen LogP contribution in [-0.4, -0.2) is 7.11 Å². The molecular formula is C15H11F2NO. The first-order valence-corrected chi connectivity index (χ1v) is 5.65. The number of methoxy groups -OCH3 is 1. The van der Waals surface area contributed by atoms with E-state index < -0.39 is 11.6 Å². The molecule has 2 aromatic carbocycles. The van der Waals surface area contributed by atoms with Gasteiger partial charge in [-0.2, -0.15) is 5.26 Å². The van der Waals surface area contributed by atoms with Gasteiger partial charge in [0.2, 0.25) is 0 Å². The van der Waals surface area contributed by atoms with Crippen molar-refractivity contribution in [2.75, 3.05) is 7.11 Å². The van der Waals surface area contributed by atoms with Crippen LogP contribution < -0.4 is 4.74 Å². The summed E-state index contributed by atoms with van der Waals surface area (Å²) in [6.07, 6.45) is 0.237. The summed E-state index contributed by atoms with van der Waals surface area (Å²) in [6, 6.07) is 11.0. The Labute approximate surface area is 109 Å². The summed E-state index contributed by atoms with van der Waals surface area (Å²) in [5, 5.41) is 8.70. The van der Waals surface area contributed by atoms with Crippen LogP contribution in [0.3, 0.4) is 0 Å². The molecule has 0 aliphatic carbocycles. The number of benzene rings is 2. The maximum Gasteiger partial charge on any atom is 0.159 e. The zero-order valence-electron chi connectivity index (χ0n) is 10.3. The molecular weight excluding hydrogens is 248 g/mol. The normalized spacial score (nSPS) is 10.0. The summed E-state index contributed by atoms with van der Waals surface area (Å²) in [7, 11) is 1.51. The minimum absolute atomic E-state index is 0.237. The Balaban J connectivity index is 2.45. The summed E-state index contributed by atoms with van der Waals surface area (Å²) < 4.78 is 31.3. The first-order valence-electron chi connectivity index (χ1n) is 5.65. The van der Waals surface area contributed by atoms with E-state index in [-0.39, 0.29) is 6.42 Å². The third-order valence-electron chi connectivity index (χ3n) is 2.81. The summed E-state index contributed by atoms with van der Waals surface area (Å²) in [5.74, 6) is -1.21. The van der Waals surface area contributed by atoms with E-state index in [4.69, 9.17) is 10.00 Å². The number of hydrogen-bond acceptors (Lipinski definition) is 2. The highest BCUT2D eigenvalue weighted by molar-refractivity contribution is 5.66. The number of nitriles is 1. The average Bonchev–Trinajstić information content (AvgIpc) is 2.42. The van der Waals surface area contributed by atoms with Gasteiger partial charge >= 0.3 is 0 Å². The Morgan fingerprint density at radius 3 is 2.37 bits per heavy atom. The standard InChI is InChI=1S/C15H11F2NO/c1-19-15-9-12(3-2-10(15)6-7-18)11-4-5-13(16)14(17)8-11/h2-5,8-9H,6H2,1H3. The Kier molecular flexibility index (Phi) is 3.76. The highest BCUT2D eigenvalue weighted by Gasteiger charge is 2.08. The molecule has 0 aromatic heterocycles. The van der Waals surface area contributed by atoms with Gasteiger partial charge in [0.25, 0.3) is 0 Å². The fourth-order valence-corrected chi connectivity index (χ4v) is 1.83. The van der Waals surface area contributed by atoms with Gasteiger partial charge in [0, 0.05) is 5.56 Å². The average molecular weight is 259 g/mol. The smallest absolute Gasteiger partial charge is 0.159 e. The second-order valence-electron chi connectivity index (χ2n) is 3.99. The molecule has 0 spiro atoms. The van der Waals surface area contributed by atoms with Gasteiger partial charge < -0.3 is 4.74 Å². The first-order chi connectivity index (χ1) is 9.15. The lowest BCUT2D eigenvalue weighted by molar-refractivity contribution is 0.411. The fraction of sp³-hybridized carbons (Fsp3) is 0.133. The van der Waals surface area contributed by atoms with E-state index in [9.17, 15) is 8.78 Å². The van der Waals surface area contributed by atoms with Crippen molar-refractivity contribution < 1.29 is 13.5 Å². The molecule has 0 atom stereocenters. The summed E-state index contributed by atoms with van der Waals surface area (Å²) in [5.41, 5.74) is 2.02. The Bertz CT molecular complexity index is 647. The van der Waals surface area contributed by atoms with E-state index in [1.165, 1.54) is 13.2 Å². The second kappa shape index (κ2) is 5.49. The molecule has 96 valence electrons. The van der Waals surface area contributed by atoms with Crippen molar-refractivity contribution in [3.05, 3.63) is 53.6 Å². The van der Waals surface area contributed by atoms with Gasteiger partial charge in [-0.05, 0) is 29.3 Å². The van der Waals surface area contributed by atoms with E-state index in [1.54, 1.807) is 18.2 Å². The number of hydrogen-bond donors (Lipinski definition) is 0. The Hall–Kier alpha value is -2.41. The van der Waals surface area contributed by atoms with E-state index in [1.807, 2.05) is 6.07 Å². The van der Waals surface area contributed by atoms with Gasteiger partial charge in [-0.3, -0.25) is 0 Å². The van der Waals surface area contributed by atoms with Gasteiger partial charge in [-0.15, -0.1) is 0 Å². The lowest BCUT2D eigenvalue weighted by Crippen LogP contribution is -1.92. The van der Waals surface area contributed by atoms with Crippen molar-refractivity contribution in [1.29, 1.82) is 5.26 Å². The van der Waals surface area contributed by atoms with Gasteiger partial charge in [0.15, 0.2) is 11.6 Å². The van der Waals surface area contributed by atoms with Gasteiger partial charge in [-0.1, -0.05) is 18.2 Å². The molecule has 2 aromatic rings. The van der Waals surface area contributed by atoms with Crippen LogP contribution in [0, 0.1) is 23.0 Å². The molecule has 0 bridgehead atoms. The van der Waals surface area contributed by atoms with Crippen LogP contribution in [0.1, 0.15) is 5.56 Å². The molecule has 2 nitrogen and oxygen atoms in total. The first kappa shape index (κ1) is 13.0. The molecule has 0 aliphatic rings. The number of halogens is 2. The lowest BCUT2D eigenvalue weighted by Gasteiger charge is -2.09. The van der Waals surface area contributed by atoms with E-state index in [0.717, 1.165) is 17.7 Å². The van der Waals surface area contributed by atoms with E-state index in [0.29, 0.717) is 16.9 Å². The van der Waals surface area contributed by atoms with Crippen molar-refractivity contribution in [1.82, 2.24) is 0 Å². The van der Waals surface area contributed by atoms with Crippen LogP contribution in [-0.2, 0) is 6.42 Å². The van der Waals surface area contributed by atoms with Gasteiger partial charge in [-0.25, -0.2) is 8.78 Å². The van der Waals surface area contributed by atoms with Crippen LogP contribution in [0.25, 0.3) is 11.1 Å². The topological polar surface area (TPSA) is 33.0 Å². The van der Waals surface area contributed by atoms with Crippen LogP contribution in [0.4, 0.5) is 8.78 Å². The molecule has 0 saturated carbocycles. The van der Waals surface area contributed by atoms with Crippen molar-refractivity contribution in [2.24, 2.45) is 0 Å². The third-order valence-corrected chi connectivity index (χ3v) is 2.81. The van der Waals surface area contributed by atoms with Gasteiger partial charge in [0.05, 0.1) is 19.6 Å². The summed E-state index contributed by atoms with van der Waals surface area (Å²) >= 11 is 0. The number of ether oxygens (including phenoxy) is 1. The van der Waals surface area contributed by atoms with Gasteiger partial charge in [0.1, 0.15) is 5.75 Å². The zero-order valence-corrected chi connectivity index (χ0v) is 10.3. The van der Waals surface area contributed by atoms with Crippen LogP contribution >= 0.6 is 0 Å². The molecule has 4 heteroatoms. The fourth-order valence-electron chi connectivity index (χ4n) is 1.83. The Morgan fingerprint density at radius 2 is 1.74 bits per heavy atom. The molecule has 19 heavy (non-hydrogen) atoms. The highest BCUT2D eigenvalue weighted by Crippen LogP contribution is 2.28. The quantitative estimate of drug-likeness (QED) is 0.841. The Morgan fingerprint density at radius 1 is 1.05 bits per heavy atom. The van der Waals surface area contributed by atoms with Crippen molar-refractivity contribution in [2.45, 2.75) is 6.42 Å². The molecule has 0 saturated heterocycles. The van der Waals surface area contributed by atoms with Crippen LogP contribution in [0.5, 0.6) is 5.75 Å². The maximum atomic E-state index is 13.2. The van der Waals surface area contributed by atoms with Crippen molar-refractivity contribution in [3.8, 4) is 22.9 Å². The van der Waals surface area contributed by atoms with Crippen LogP contribution in [0.2, 0.25) is 0 Å². The van der Waals surface area contributed by atoms with Crippen LogP contribution in [0.15, 0.2) is 36.4 Å². The zero-order chi connectivity index (χ0) is 13.8. The molecule has 0 N–H and O–H groups in total. The summed E-state index contributed by atoms with van der Waals surface area (Å²) in [4.78, 5) is 0. The predicted octanol–water partition coefficient (Wildman–Crippen LogP) is 3.71. The minimum atomic E-state index is -0.891. The van der Waals surface area contributed by atoms with E-state index >= 15 is 0 Å². The monoisotopic (exact) mass is 259 g/mol. The van der Waals surface area contributed by atoms with E-state index in [2.05, 4.69) is 0 Å². The van der Waals surface area contributed by atoms with Crippen molar-refractivity contribution in [3.63, 3.8) is 0 Å². The summed E-state index contributed by atoms with van der Waals surface area (Å²) in [6.45, 7) is 0. The lowest BCUT2D eigenvalue weighted by atomic mass is 10.0. The SMILES string of the molecule is COc1cc(-c2ccc(F)c(F)c2)ccc1CC#N. The largest absolute Gasteiger partial charge is 0.496 e. The molecule has 0 unspecified atom stereocenters. The molecule has 0 radical (unpaired) electrons. The third kappa shape index (κ3) is 2.71. The maximum absolute atomic E-state index is 13.2. The molecule has 0 amide bonds. The molecule has 2 rings (SSSR count).